The number of para-hydroxylation sites is 1. The van der Waals surface area contributed by atoms with E-state index in [9.17, 15) is 14.9 Å². The standard InChI is InChI=1S/C18H20ClN3O3/c1-12-8-9-15(19)10-16(12)20-18(23)13(2)21(3)11-14-6-4-5-7-17(14)22(24)25/h4-10,13H,11H2,1-3H3,(H,20,23). The topological polar surface area (TPSA) is 75.5 Å². The van der Waals surface area contributed by atoms with E-state index < -0.39 is 11.0 Å². The Morgan fingerprint density at radius 3 is 2.68 bits per heavy atom. The molecule has 0 saturated heterocycles. The smallest absolute Gasteiger partial charge is 0.273 e. The maximum absolute atomic E-state index is 12.5. The first-order chi connectivity index (χ1) is 11.8. The molecule has 7 heteroatoms. The maximum Gasteiger partial charge on any atom is 0.273 e. The van der Waals surface area contributed by atoms with E-state index in [1.54, 1.807) is 49.2 Å². The molecule has 0 aliphatic heterocycles. The van der Waals surface area contributed by atoms with E-state index in [0.717, 1.165) is 5.56 Å². The number of carbonyl (C=O) groups is 1. The number of halogens is 1. The summed E-state index contributed by atoms with van der Waals surface area (Å²) in [7, 11) is 1.76. The summed E-state index contributed by atoms with van der Waals surface area (Å²) in [6.45, 7) is 3.93. The fraction of sp³-hybridized carbons (Fsp3) is 0.278. The van der Waals surface area contributed by atoms with Crippen molar-refractivity contribution in [2.75, 3.05) is 12.4 Å². The average Bonchev–Trinajstić information content (AvgIpc) is 2.57. The number of amides is 1. The second kappa shape index (κ2) is 8.09. The van der Waals surface area contributed by atoms with Crippen molar-refractivity contribution in [3.8, 4) is 0 Å². The number of rotatable bonds is 6. The molecule has 0 aliphatic rings. The first-order valence-corrected chi connectivity index (χ1v) is 8.17. The van der Waals surface area contributed by atoms with Gasteiger partial charge >= 0.3 is 0 Å². The minimum absolute atomic E-state index is 0.0487. The molecule has 0 aliphatic carbocycles. The number of benzene rings is 2. The first-order valence-electron chi connectivity index (χ1n) is 7.79. The van der Waals surface area contributed by atoms with Gasteiger partial charge in [0.1, 0.15) is 0 Å². The van der Waals surface area contributed by atoms with Gasteiger partial charge in [-0.25, -0.2) is 0 Å². The second-order valence-corrected chi connectivity index (χ2v) is 6.36. The molecule has 0 aromatic heterocycles. The highest BCUT2D eigenvalue weighted by molar-refractivity contribution is 6.31. The summed E-state index contributed by atoms with van der Waals surface area (Å²) in [5.41, 5.74) is 2.18. The van der Waals surface area contributed by atoms with Gasteiger partial charge in [-0.3, -0.25) is 19.8 Å². The molecule has 0 spiro atoms. The van der Waals surface area contributed by atoms with Crippen molar-refractivity contribution in [1.29, 1.82) is 0 Å². The fourth-order valence-electron chi connectivity index (χ4n) is 2.39. The minimum Gasteiger partial charge on any atom is -0.324 e. The Morgan fingerprint density at radius 1 is 1.32 bits per heavy atom. The summed E-state index contributed by atoms with van der Waals surface area (Å²) in [4.78, 5) is 25.0. The molecule has 1 amide bonds. The molecule has 0 heterocycles. The zero-order valence-electron chi connectivity index (χ0n) is 14.3. The lowest BCUT2D eigenvalue weighted by Gasteiger charge is -2.24. The predicted molar refractivity (Wildman–Crippen MR) is 98.8 cm³/mol. The molecular formula is C18H20ClN3O3. The number of aryl methyl sites for hydroxylation is 1. The molecule has 0 saturated carbocycles. The van der Waals surface area contributed by atoms with Crippen molar-refractivity contribution in [2.24, 2.45) is 0 Å². The molecule has 0 fully saturated rings. The molecule has 2 rings (SSSR count). The monoisotopic (exact) mass is 361 g/mol. The van der Waals surface area contributed by atoms with Crippen LogP contribution in [0.1, 0.15) is 18.1 Å². The summed E-state index contributed by atoms with van der Waals surface area (Å²) >= 11 is 5.97. The van der Waals surface area contributed by atoms with Gasteiger partial charge in [-0.2, -0.15) is 0 Å². The molecule has 25 heavy (non-hydrogen) atoms. The number of hydrogen-bond donors (Lipinski definition) is 1. The molecule has 1 N–H and O–H groups in total. The van der Waals surface area contributed by atoms with Crippen LogP contribution in [-0.2, 0) is 11.3 Å². The van der Waals surface area contributed by atoms with Crippen LogP contribution in [0.2, 0.25) is 5.02 Å². The molecule has 1 atom stereocenters. The molecule has 0 radical (unpaired) electrons. The van der Waals surface area contributed by atoms with E-state index in [-0.39, 0.29) is 11.6 Å². The Balaban J connectivity index is 2.09. The highest BCUT2D eigenvalue weighted by Gasteiger charge is 2.22. The normalized spacial score (nSPS) is 12.0. The van der Waals surface area contributed by atoms with Gasteiger partial charge in [-0.15, -0.1) is 0 Å². The van der Waals surface area contributed by atoms with E-state index >= 15 is 0 Å². The third-order valence-electron chi connectivity index (χ3n) is 4.11. The van der Waals surface area contributed by atoms with Crippen LogP contribution in [0.15, 0.2) is 42.5 Å². The fourth-order valence-corrected chi connectivity index (χ4v) is 2.57. The van der Waals surface area contributed by atoms with Crippen LogP contribution in [0, 0.1) is 17.0 Å². The Hall–Kier alpha value is -2.44. The molecular weight excluding hydrogens is 342 g/mol. The van der Waals surface area contributed by atoms with E-state index in [0.29, 0.717) is 22.8 Å². The van der Waals surface area contributed by atoms with E-state index in [1.165, 1.54) is 6.07 Å². The van der Waals surface area contributed by atoms with Crippen LogP contribution < -0.4 is 5.32 Å². The van der Waals surface area contributed by atoms with Crippen LogP contribution in [0.4, 0.5) is 11.4 Å². The zero-order valence-corrected chi connectivity index (χ0v) is 15.1. The van der Waals surface area contributed by atoms with Crippen molar-refractivity contribution in [3.05, 3.63) is 68.7 Å². The van der Waals surface area contributed by atoms with Crippen LogP contribution in [-0.4, -0.2) is 28.8 Å². The van der Waals surface area contributed by atoms with Gasteiger partial charge < -0.3 is 5.32 Å². The molecule has 1 unspecified atom stereocenters. The zero-order chi connectivity index (χ0) is 18.6. The highest BCUT2D eigenvalue weighted by atomic mass is 35.5. The van der Waals surface area contributed by atoms with Crippen molar-refractivity contribution in [2.45, 2.75) is 26.4 Å². The summed E-state index contributed by atoms with van der Waals surface area (Å²) in [6.07, 6.45) is 0. The highest BCUT2D eigenvalue weighted by Crippen LogP contribution is 2.22. The third kappa shape index (κ3) is 4.78. The maximum atomic E-state index is 12.5. The Bertz CT molecular complexity index is 795. The Labute approximate surface area is 151 Å². The van der Waals surface area contributed by atoms with Gasteiger partial charge in [0.25, 0.3) is 5.69 Å². The molecule has 6 nitrogen and oxygen atoms in total. The third-order valence-corrected chi connectivity index (χ3v) is 4.34. The summed E-state index contributed by atoms with van der Waals surface area (Å²) < 4.78 is 0. The number of nitro groups is 1. The van der Waals surface area contributed by atoms with E-state index in [1.807, 2.05) is 13.0 Å². The number of nitrogens with one attached hydrogen (secondary N) is 1. The van der Waals surface area contributed by atoms with Gasteiger partial charge in [0, 0.05) is 28.9 Å². The van der Waals surface area contributed by atoms with Crippen molar-refractivity contribution in [1.82, 2.24) is 4.90 Å². The molecule has 2 aromatic rings. The number of nitrogens with zero attached hydrogens (tertiary/aromatic N) is 2. The van der Waals surface area contributed by atoms with Gasteiger partial charge in [0.2, 0.25) is 5.91 Å². The largest absolute Gasteiger partial charge is 0.324 e. The summed E-state index contributed by atoms with van der Waals surface area (Å²) in [5, 5.41) is 14.5. The van der Waals surface area contributed by atoms with Crippen LogP contribution in [0.25, 0.3) is 0 Å². The Morgan fingerprint density at radius 2 is 2.00 bits per heavy atom. The van der Waals surface area contributed by atoms with Crippen molar-refractivity contribution < 1.29 is 9.72 Å². The molecule has 2 aromatic carbocycles. The van der Waals surface area contributed by atoms with Gasteiger partial charge in [-0.1, -0.05) is 35.9 Å². The van der Waals surface area contributed by atoms with E-state index in [2.05, 4.69) is 5.32 Å². The SMILES string of the molecule is Cc1ccc(Cl)cc1NC(=O)C(C)N(C)Cc1ccccc1[N+](=O)[O-]. The molecule has 132 valence electrons. The summed E-state index contributed by atoms with van der Waals surface area (Å²) in [5.74, 6) is -0.202. The van der Waals surface area contributed by atoms with Crippen molar-refractivity contribution in [3.63, 3.8) is 0 Å². The lowest BCUT2D eigenvalue weighted by atomic mass is 10.1. The number of likely N-dealkylation sites (N-methyl/N-ethyl adjacent to an activating group) is 1. The quantitative estimate of drug-likeness (QED) is 0.623. The average molecular weight is 362 g/mol. The Kier molecular flexibility index (Phi) is 6.12. The van der Waals surface area contributed by atoms with Crippen LogP contribution >= 0.6 is 11.6 Å². The number of nitro benzene ring substituents is 1. The molecule has 0 bridgehead atoms. The number of carbonyl (C=O) groups excluding carboxylic acids is 1. The van der Waals surface area contributed by atoms with Gasteiger partial charge in [0.15, 0.2) is 0 Å². The van der Waals surface area contributed by atoms with Crippen molar-refractivity contribution >= 4 is 28.9 Å². The minimum atomic E-state index is -0.474. The number of hydrogen-bond acceptors (Lipinski definition) is 4. The number of anilines is 1. The predicted octanol–water partition coefficient (Wildman–Crippen LogP) is 4.02. The van der Waals surface area contributed by atoms with Gasteiger partial charge in [0.05, 0.1) is 11.0 Å². The van der Waals surface area contributed by atoms with Gasteiger partial charge in [-0.05, 0) is 38.6 Å². The van der Waals surface area contributed by atoms with Crippen LogP contribution in [0.3, 0.4) is 0 Å². The van der Waals surface area contributed by atoms with Crippen LogP contribution in [0.5, 0.6) is 0 Å². The lowest BCUT2D eigenvalue weighted by Crippen LogP contribution is -2.39. The van der Waals surface area contributed by atoms with E-state index in [4.69, 9.17) is 11.6 Å². The lowest BCUT2D eigenvalue weighted by molar-refractivity contribution is -0.385. The second-order valence-electron chi connectivity index (χ2n) is 5.93. The summed E-state index contributed by atoms with van der Waals surface area (Å²) in [6, 6.07) is 11.3. The first kappa shape index (κ1) is 18.9.